The Morgan fingerprint density at radius 1 is 1.18 bits per heavy atom. The molecule has 0 fully saturated rings. The predicted molar refractivity (Wildman–Crippen MR) is 131 cm³/mol. The van der Waals surface area contributed by atoms with Crippen LogP contribution in [-0.4, -0.2) is 35.8 Å². The van der Waals surface area contributed by atoms with Crippen molar-refractivity contribution in [3.05, 3.63) is 75.9 Å². The molecule has 0 saturated heterocycles. The lowest BCUT2D eigenvalue weighted by Gasteiger charge is -2.10. The first kappa shape index (κ1) is 23.6. The number of thiophene rings is 1. The Hall–Kier alpha value is -3.56. The molecule has 0 aliphatic rings. The van der Waals surface area contributed by atoms with E-state index in [2.05, 4.69) is 10.3 Å². The van der Waals surface area contributed by atoms with Crippen LogP contribution in [-0.2, 0) is 16.1 Å². The number of nitrogens with zero attached hydrogens (tertiary/aromatic N) is 2. The Morgan fingerprint density at radius 3 is 2.71 bits per heavy atom. The molecule has 0 radical (unpaired) electrons. The number of hydrogen-bond acceptors (Lipinski definition) is 6. The fraction of sp³-hybridized carbons (Fsp3) is 0.240. The second-order valence-electron chi connectivity index (χ2n) is 7.72. The van der Waals surface area contributed by atoms with Crippen LogP contribution in [0.4, 0.5) is 10.1 Å². The molecule has 4 rings (SSSR count). The van der Waals surface area contributed by atoms with Crippen molar-refractivity contribution in [2.24, 2.45) is 0 Å². The van der Waals surface area contributed by atoms with Gasteiger partial charge < -0.3 is 14.8 Å². The highest BCUT2D eigenvalue weighted by Crippen LogP contribution is 2.30. The zero-order valence-corrected chi connectivity index (χ0v) is 19.7. The van der Waals surface area contributed by atoms with Gasteiger partial charge in [0, 0.05) is 42.8 Å². The van der Waals surface area contributed by atoms with Crippen LogP contribution in [0.1, 0.15) is 12.0 Å². The largest absolute Gasteiger partial charge is 0.488 e. The summed E-state index contributed by atoms with van der Waals surface area (Å²) in [5.41, 5.74) is 3.03. The van der Waals surface area contributed by atoms with Crippen LogP contribution in [0.25, 0.3) is 21.3 Å². The Labute approximate surface area is 199 Å². The number of amides is 1. The number of carbonyl (C=O) groups is 1. The van der Waals surface area contributed by atoms with Crippen molar-refractivity contribution in [3.63, 3.8) is 0 Å². The third-order valence-electron chi connectivity index (χ3n) is 5.26. The smallest absolute Gasteiger partial charge is 0.262 e. The van der Waals surface area contributed by atoms with Gasteiger partial charge in [-0.05, 0) is 24.6 Å². The minimum atomic E-state index is -0.583. The molecule has 0 aliphatic heterocycles. The van der Waals surface area contributed by atoms with E-state index in [0.29, 0.717) is 22.5 Å². The van der Waals surface area contributed by atoms with E-state index in [1.54, 1.807) is 6.07 Å². The molecule has 0 aliphatic carbocycles. The number of hydrogen-bond donors (Lipinski definition) is 1. The minimum absolute atomic E-state index is 0.0325. The summed E-state index contributed by atoms with van der Waals surface area (Å²) in [5, 5.41) is 5.12. The Morgan fingerprint density at radius 2 is 1.97 bits per heavy atom. The third kappa shape index (κ3) is 5.32. The SMILES string of the molecule is COCCOc1ccc(NC(=O)CCn2cnc3scc(-c4ccc(C)cc4)c3c2=O)cc1F. The standard InChI is InChI=1S/C25H24FN3O4S/c1-16-3-5-17(6-4-16)19-14-34-24-23(19)25(31)29(15-27-24)10-9-22(30)28-18-7-8-21(20(26)13-18)33-12-11-32-2/h3-8,13-15H,9-12H2,1-2H3,(H,28,30). The van der Waals surface area contributed by atoms with Crippen LogP contribution in [0.3, 0.4) is 0 Å². The number of benzene rings is 2. The van der Waals surface area contributed by atoms with Crippen molar-refractivity contribution in [2.45, 2.75) is 19.9 Å². The maximum absolute atomic E-state index is 14.2. The van der Waals surface area contributed by atoms with Crippen molar-refractivity contribution < 1.29 is 18.7 Å². The summed E-state index contributed by atoms with van der Waals surface area (Å²) < 4.78 is 25.8. The highest BCUT2D eigenvalue weighted by atomic mass is 32.1. The van der Waals surface area contributed by atoms with E-state index in [4.69, 9.17) is 9.47 Å². The molecular formula is C25H24FN3O4S. The number of fused-ring (bicyclic) bond motifs is 1. The first-order chi connectivity index (χ1) is 16.5. The van der Waals surface area contributed by atoms with Gasteiger partial charge in [-0.3, -0.25) is 14.2 Å². The van der Waals surface area contributed by atoms with Crippen LogP contribution < -0.4 is 15.6 Å². The zero-order valence-electron chi connectivity index (χ0n) is 18.8. The van der Waals surface area contributed by atoms with Gasteiger partial charge in [0.05, 0.1) is 18.3 Å². The van der Waals surface area contributed by atoms with E-state index >= 15 is 0 Å². The molecule has 176 valence electrons. The molecule has 1 N–H and O–H groups in total. The van der Waals surface area contributed by atoms with Crippen LogP contribution in [0.15, 0.2) is 59.0 Å². The topological polar surface area (TPSA) is 82.4 Å². The molecule has 9 heteroatoms. The number of halogens is 1. The van der Waals surface area contributed by atoms with Gasteiger partial charge in [-0.25, -0.2) is 9.37 Å². The lowest BCUT2D eigenvalue weighted by atomic mass is 10.1. The molecule has 2 aromatic carbocycles. The van der Waals surface area contributed by atoms with Crippen molar-refractivity contribution in [3.8, 4) is 16.9 Å². The van der Waals surface area contributed by atoms with E-state index in [-0.39, 0.29) is 36.8 Å². The van der Waals surface area contributed by atoms with Gasteiger partial charge in [-0.2, -0.15) is 0 Å². The predicted octanol–water partition coefficient (Wildman–Crippen LogP) is 4.63. The molecule has 1 amide bonds. The highest BCUT2D eigenvalue weighted by molar-refractivity contribution is 7.17. The number of ether oxygens (including phenoxy) is 2. The number of aryl methyl sites for hydroxylation is 2. The Bertz CT molecular complexity index is 1370. The highest BCUT2D eigenvalue weighted by Gasteiger charge is 2.14. The molecular weight excluding hydrogens is 457 g/mol. The minimum Gasteiger partial charge on any atom is -0.488 e. The van der Waals surface area contributed by atoms with Gasteiger partial charge >= 0.3 is 0 Å². The summed E-state index contributed by atoms with van der Waals surface area (Å²) in [7, 11) is 1.53. The lowest BCUT2D eigenvalue weighted by molar-refractivity contribution is -0.116. The van der Waals surface area contributed by atoms with Crippen molar-refractivity contribution in [1.82, 2.24) is 9.55 Å². The fourth-order valence-electron chi connectivity index (χ4n) is 3.45. The monoisotopic (exact) mass is 481 g/mol. The molecule has 0 atom stereocenters. The summed E-state index contributed by atoms with van der Waals surface area (Å²) in [4.78, 5) is 30.6. The number of aromatic nitrogens is 2. The number of carbonyl (C=O) groups excluding carboxylic acids is 1. The first-order valence-electron chi connectivity index (χ1n) is 10.7. The van der Waals surface area contributed by atoms with E-state index in [1.165, 1.54) is 41.5 Å². The summed E-state index contributed by atoms with van der Waals surface area (Å²) in [6, 6.07) is 12.2. The van der Waals surface area contributed by atoms with Gasteiger partial charge in [0.15, 0.2) is 11.6 Å². The average Bonchev–Trinajstić information content (AvgIpc) is 3.26. The van der Waals surface area contributed by atoms with Crippen LogP contribution in [0.5, 0.6) is 5.75 Å². The number of methoxy groups -OCH3 is 1. The van der Waals surface area contributed by atoms with Gasteiger partial charge in [0.25, 0.3) is 5.56 Å². The molecule has 0 spiro atoms. The molecule has 0 saturated carbocycles. The number of anilines is 1. The molecule has 34 heavy (non-hydrogen) atoms. The van der Waals surface area contributed by atoms with Crippen LogP contribution >= 0.6 is 11.3 Å². The second-order valence-corrected chi connectivity index (χ2v) is 8.58. The fourth-order valence-corrected chi connectivity index (χ4v) is 4.36. The van der Waals surface area contributed by atoms with Gasteiger partial charge in [0.1, 0.15) is 11.4 Å². The van der Waals surface area contributed by atoms with E-state index in [1.807, 2.05) is 36.6 Å². The van der Waals surface area contributed by atoms with Gasteiger partial charge in [-0.15, -0.1) is 11.3 Å². The van der Waals surface area contributed by atoms with Gasteiger partial charge in [0.2, 0.25) is 5.91 Å². The molecule has 4 aromatic rings. The molecule has 0 unspecified atom stereocenters. The summed E-state index contributed by atoms with van der Waals surface area (Å²) in [6.07, 6.45) is 1.49. The van der Waals surface area contributed by atoms with E-state index in [0.717, 1.165) is 16.7 Å². The summed E-state index contributed by atoms with van der Waals surface area (Å²) in [6.45, 7) is 2.73. The Kier molecular flexibility index (Phi) is 7.34. The summed E-state index contributed by atoms with van der Waals surface area (Å²) >= 11 is 1.41. The first-order valence-corrected chi connectivity index (χ1v) is 11.6. The maximum atomic E-state index is 14.2. The number of nitrogens with one attached hydrogen (secondary N) is 1. The summed E-state index contributed by atoms with van der Waals surface area (Å²) in [5.74, 6) is -0.842. The number of rotatable bonds is 9. The molecule has 0 bridgehead atoms. The normalized spacial score (nSPS) is 11.0. The molecule has 2 heterocycles. The average molecular weight is 482 g/mol. The molecule has 2 aromatic heterocycles. The third-order valence-corrected chi connectivity index (χ3v) is 6.15. The maximum Gasteiger partial charge on any atom is 0.262 e. The van der Waals surface area contributed by atoms with E-state index < -0.39 is 5.82 Å². The zero-order chi connectivity index (χ0) is 24.1. The van der Waals surface area contributed by atoms with E-state index in [9.17, 15) is 14.0 Å². The molecule has 7 nitrogen and oxygen atoms in total. The van der Waals surface area contributed by atoms with Crippen molar-refractivity contribution >= 4 is 33.1 Å². The van der Waals surface area contributed by atoms with Crippen LogP contribution in [0.2, 0.25) is 0 Å². The van der Waals surface area contributed by atoms with Crippen molar-refractivity contribution in [2.75, 3.05) is 25.6 Å². The quantitative estimate of drug-likeness (QED) is 0.353. The van der Waals surface area contributed by atoms with Crippen molar-refractivity contribution in [1.29, 1.82) is 0 Å². The lowest BCUT2D eigenvalue weighted by Crippen LogP contribution is -2.23. The second kappa shape index (κ2) is 10.6. The van der Waals surface area contributed by atoms with Crippen LogP contribution in [0, 0.1) is 12.7 Å². The van der Waals surface area contributed by atoms with Gasteiger partial charge in [-0.1, -0.05) is 29.8 Å². The Balaban J connectivity index is 1.44.